The van der Waals surface area contributed by atoms with Gasteiger partial charge in [-0.2, -0.15) is 0 Å². The molecule has 1 aromatic carbocycles. The number of nitrogens with zero attached hydrogens (tertiary/aromatic N) is 1. The fourth-order valence-corrected chi connectivity index (χ4v) is 1.83. The van der Waals surface area contributed by atoms with Crippen molar-refractivity contribution in [1.29, 1.82) is 5.41 Å². The minimum Gasteiger partial charge on any atom is -0.362 e. The molecule has 0 aromatic heterocycles. The molecule has 0 fully saturated rings. The van der Waals surface area contributed by atoms with Crippen LogP contribution in [0.2, 0.25) is 0 Å². The Hall–Kier alpha value is -1.64. The van der Waals surface area contributed by atoms with Gasteiger partial charge in [0.05, 0.1) is 0 Å². The molecule has 0 aliphatic rings. The van der Waals surface area contributed by atoms with Crippen LogP contribution in [-0.2, 0) is 5.41 Å². The van der Waals surface area contributed by atoms with Crippen LogP contribution in [0.4, 0.5) is 5.69 Å². The van der Waals surface area contributed by atoms with Crippen molar-refractivity contribution in [3.8, 4) is 0 Å². The zero-order valence-corrected chi connectivity index (χ0v) is 11.9. The van der Waals surface area contributed by atoms with E-state index >= 15 is 0 Å². The third kappa shape index (κ3) is 3.99. The molecule has 98 valence electrons. The maximum absolute atomic E-state index is 7.00. The molecule has 0 aliphatic heterocycles. The van der Waals surface area contributed by atoms with Crippen molar-refractivity contribution >= 4 is 18.1 Å². The molecule has 2 N–H and O–H groups in total. The first-order valence-electron chi connectivity index (χ1n) is 6.18. The van der Waals surface area contributed by atoms with E-state index in [0.717, 1.165) is 5.69 Å². The Morgan fingerprint density at radius 2 is 1.72 bits per heavy atom. The number of rotatable bonds is 4. The molecule has 18 heavy (non-hydrogen) atoms. The molecular weight excluding hydrogens is 222 g/mol. The zero-order chi connectivity index (χ0) is 13.8. The number of anilines is 1. The van der Waals surface area contributed by atoms with Crippen LogP contribution < -0.4 is 5.32 Å². The Morgan fingerprint density at radius 1 is 1.11 bits per heavy atom. The summed E-state index contributed by atoms with van der Waals surface area (Å²) in [5.41, 5.74) is 2.03. The van der Waals surface area contributed by atoms with Gasteiger partial charge in [-0.05, 0) is 30.9 Å². The second kappa shape index (κ2) is 5.34. The Labute approximate surface area is 110 Å². The van der Waals surface area contributed by atoms with E-state index in [0.29, 0.717) is 0 Å². The molecule has 0 saturated heterocycles. The summed E-state index contributed by atoms with van der Waals surface area (Å²) in [7, 11) is 0. The van der Waals surface area contributed by atoms with Crippen molar-refractivity contribution in [2.24, 2.45) is 4.99 Å². The smallest absolute Gasteiger partial charge is 0.123 e. The summed E-state index contributed by atoms with van der Waals surface area (Å²) in [4.78, 5) is 4.31. The van der Waals surface area contributed by atoms with Gasteiger partial charge in [0, 0.05) is 18.1 Å². The van der Waals surface area contributed by atoms with Crippen molar-refractivity contribution in [1.82, 2.24) is 0 Å². The van der Waals surface area contributed by atoms with Crippen molar-refractivity contribution in [3.05, 3.63) is 29.8 Å². The summed E-state index contributed by atoms with van der Waals surface area (Å²) >= 11 is 0. The van der Waals surface area contributed by atoms with Gasteiger partial charge in [0.15, 0.2) is 0 Å². The summed E-state index contributed by atoms with van der Waals surface area (Å²) in [5, 5.41) is 10.4. The van der Waals surface area contributed by atoms with Crippen LogP contribution in [0.15, 0.2) is 29.3 Å². The summed E-state index contributed by atoms with van der Waals surface area (Å²) in [6.45, 7) is 10.6. The summed E-state index contributed by atoms with van der Waals surface area (Å²) in [6, 6.07) is 8.29. The number of hydrogen-bond donors (Lipinski definition) is 2. The van der Waals surface area contributed by atoms with Crippen molar-refractivity contribution in [2.45, 2.75) is 45.7 Å². The van der Waals surface area contributed by atoms with Crippen LogP contribution in [0.25, 0.3) is 0 Å². The second-order valence-electron chi connectivity index (χ2n) is 5.92. The Morgan fingerprint density at radius 3 is 2.28 bits per heavy atom. The lowest BCUT2D eigenvalue weighted by Crippen LogP contribution is -2.30. The topological polar surface area (TPSA) is 48.2 Å². The minimum atomic E-state index is -0.418. The van der Waals surface area contributed by atoms with Gasteiger partial charge in [0.2, 0.25) is 0 Å². The lowest BCUT2D eigenvalue weighted by Gasteiger charge is -2.29. The summed E-state index contributed by atoms with van der Waals surface area (Å²) < 4.78 is 0. The maximum Gasteiger partial charge on any atom is 0.123 e. The van der Waals surface area contributed by atoms with Crippen LogP contribution in [0.3, 0.4) is 0 Å². The third-order valence-electron chi connectivity index (χ3n) is 2.65. The number of benzene rings is 1. The molecule has 0 aliphatic carbocycles. The fraction of sp³-hybridized carbons (Fsp3) is 0.467. The first-order chi connectivity index (χ1) is 8.26. The standard InChI is InChI=1S/C15H23N3/c1-14(2,3)12-8-6-7-9-13(12)18-15(4,5)17-11-10-16/h6-11,16,18H,1-5H3. The first-order valence-corrected chi connectivity index (χ1v) is 6.18. The summed E-state index contributed by atoms with van der Waals surface area (Å²) in [5.74, 6) is 0. The molecule has 0 atom stereocenters. The van der Waals surface area contributed by atoms with Gasteiger partial charge in [0.1, 0.15) is 5.66 Å². The minimum absolute atomic E-state index is 0.0882. The van der Waals surface area contributed by atoms with E-state index in [-0.39, 0.29) is 5.41 Å². The molecule has 1 aromatic rings. The number of nitrogens with one attached hydrogen (secondary N) is 2. The highest BCUT2D eigenvalue weighted by molar-refractivity contribution is 6.14. The lowest BCUT2D eigenvalue weighted by atomic mass is 9.85. The first kappa shape index (κ1) is 14.4. The van der Waals surface area contributed by atoms with E-state index in [1.807, 2.05) is 19.9 Å². The molecule has 0 saturated carbocycles. The van der Waals surface area contributed by atoms with Gasteiger partial charge in [-0.1, -0.05) is 39.0 Å². The Bertz CT molecular complexity index is 439. The fourth-order valence-electron chi connectivity index (χ4n) is 1.83. The predicted octanol–water partition coefficient (Wildman–Crippen LogP) is 3.85. The van der Waals surface area contributed by atoms with Gasteiger partial charge < -0.3 is 10.7 Å². The van der Waals surface area contributed by atoms with Gasteiger partial charge >= 0.3 is 0 Å². The average molecular weight is 245 g/mol. The number of hydrogen-bond acceptors (Lipinski definition) is 3. The van der Waals surface area contributed by atoms with Crippen molar-refractivity contribution in [3.63, 3.8) is 0 Å². The molecule has 0 amide bonds. The van der Waals surface area contributed by atoms with E-state index in [1.54, 1.807) is 0 Å². The zero-order valence-electron chi connectivity index (χ0n) is 11.9. The monoisotopic (exact) mass is 245 g/mol. The molecule has 0 unspecified atom stereocenters. The summed E-state index contributed by atoms with van der Waals surface area (Å²) in [6.07, 6.45) is 2.70. The van der Waals surface area contributed by atoms with Gasteiger partial charge in [-0.15, -0.1) is 0 Å². The molecule has 0 heterocycles. The maximum atomic E-state index is 7.00. The quantitative estimate of drug-likeness (QED) is 0.778. The van der Waals surface area contributed by atoms with Gasteiger partial charge in [0.25, 0.3) is 0 Å². The van der Waals surface area contributed by atoms with Crippen LogP contribution in [0, 0.1) is 5.41 Å². The molecule has 0 bridgehead atoms. The van der Waals surface area contributed by atoms with Crippen LogP contribution in [0.5, 0.6) is 0 Å². The largest absolute Gasteiger partial charge is 0.362 e. The van der Waals surface area contributed by atoms with E-state index in [9.17, 15) is 0 Å². The van der Waals surface area contributed by atoms with E-state index in [4.69, 9.17) is 5.41 Å². The number of para-hydroxylation sites is 1. The van der Waals surface area contributed by atoms with E-state index in [2.05, 4.69) is 49.3 Å². The predicted molar refractivity (Wildman–Crippen MR) is 80.1 cm³/mol. The average Bonchev–Trinajstić information content (AvgIpc) is 2.25. The molecular formula is C15H23N3. The second-order valence-corrected chi connectivity index (χ2v) is 5.92. The Balaban J connectivity index is 3.05. The molecule has 0 spiro atoms. The SMILES string of the molecule is CC(C)(N=CC=N)Nc1ccccc1C(C)(C)C. The highest BCUT2D eigenvalue weighted by Crippen LogP contribution is 2.31. The lowest BCUT2D eigenvalue weighted by molar-refractivity contribution is 0.575. The number of aliphatic imine (C=N–C) groups is 1. The molecule has 3 nitrogen and oxygen atoms in total. The molecule has 3 heteroatoms. The van der Waals surface area contributed by atoms with E-state index in [1.165, 1.54) is 18.0 Å². The van der Waals surface area contributed by atoms with Gasteiger partial charge in [-0.25, -0.2) is 0 Å². The van der Waals surface area contributed by atoms with Crippen LogP contribution in [-0.4, -0.2) is 18.1 Å². The normalized spacial score (nSPS) is 12.7. The molecule has 0 radical (unpaired) electrons. The highest BCUT2D eigenvalue weighted by Gasteiger charge is 2.21. The van der Waals surface area contributed by atoms with Gasteiger partial charge in [-0.3, -0.25) is 4.99 Å². The van der Waals surface area contributed by atoms with E-state index < -0.39 is 5.66 Å². The van der Waals surface area contributed by atoms with Crippen molar-refractivity contribution < 1.29 is 0 Å². The van der Waals surface area contributed by atoms with Crippen LogP contribution >= 0.6 is 0 Å². The Kier molecular flexibility index (Phi) is 4.28. The highest BCUT2D eigenvalue weighted by atomic mass is 15.1. The van der Waals surface area contributed by atoms with Crippen molar-refractivity contribution in [2.75, 3.05) is 5.32 Å². The van der Waals surface area contributed by atoms with Crippen LogP contribution in [0.1, 0.15) is 40.2 Å². The third-order valence-corrected chi connectivity index (χ3v) is 2.65. The molecule has 1 rings (SSSR count).